The molecule has 1 unspecified atom stereocenters. The molecule has 0 radical (unpaired) electrons. The summed E-state index contributed by atoms with van der Waals surface area (Å²) in [4.78, 5) is 0.340. The third-order valence-electron chi connectivity index (χ3n) is 3.09. The first kappa shape index (κ1) is 11.6. The van der Waals surface area contributed by atoms with Gasteiger partial charge in [-0.3, -0.25) is 0 Å². The van der Waals surface area contributed by atoms with Crippen LogP contribution < -0.4 is 0 Å². The number of hydrogen-bond donors (Lipinski definition) is 2. The Balaban J connectivity index is 2.48. The van der Waals surface area contributed by atoms with Crippen LogP contribution in [0.2, 0.25) is 0 Å². The fourth-order valence-corrected chi connectivity index (χ4v) is 4.16. The average molecular weight is 242 g/mol. The van der Waals surface area contributed by atoms with E-state index in [1.165, 1.54) is 0 Å². The topological polar surface area (TPSA) is 74.6 Å². The molecule has 0 fully saturated rings. The first-order chi connectivity index (χ1) is 7.60. The van der Waals surface area contributed by atoms with E-state index in [1.54, 1.807) is 24.3 Å². The second-order valence-corrected chi connectivity index (χ2v) is 6.05. The zero-order valence-corrected chi connectivity index (χ0v) is 9.52. The van der Waals surface area contributed by atoms with Gasteiger partial charge in [0.15, 0.2) is 9.84 Å². The van der Waals surface area contributed by atoms with Gasteiger partial charge in [-0.2, -0.15) is 0 Å². The minimum Gasteiger partial charge on any atom is -0.396 e. The second-order valence-electron chi connectivity index (χ2n) is 4.05. The molecule has 1 heterocycles. The molecule has 1 aromatic carbocycles. The summed E-state index contributed by atoms with van der Waals surface area (Å²) < 4.78 is 23.7. The highest BCUT2D eigenvalue weighted by Crippen LogP contribution is 2.38. The number of benzene rings is 1. The van der Waals surface area contributed by atoms with Crippen LogP contribution in [0.15, 0.2) is 29.2 Å². The molecule has 16 heavy (non-hydrogen) atoms. The van der Waals surface area contributed by atoms with Gasteiger partial charge < -0.3 is 10.2 Å². The zero-order chi connectivity index (χ0) is 11.8. The number of rotatable bonds is 3. The fraction of sp³-hybridized carbons (Fsp3) is 0.455. The van der Waals surface area contributed by atoms with Gasteiger partial charge in [0, 0.05) is 25.0 Å². The Morgan fingerprint density at radius 3 is 2.50 bits per heavy atom. The normalized spacial score (nSPS) is 22.3. The van der Waals surface area contributed by atoms with E-state index < -0.39 is 15.8 Å². The lowest BCUT2D eigenvalue weighted by atomic mass is 9.89. The van der Waals surface area contributed by atoms with Crippen LogP contribution in [0.25, 0.3) is 0 Å². The van der Waals surface area contributed by atoms with E-state index in [0.29, 0.717) is 4.90 Å². The van der Waals surface area contributed by atoms with E-state index in [4.69, 9.17) is 10.2 Å². The van der Waals surface area contributed by atoms with E-state index in [0.717, 1.165) is 5.56 Å². The van der Waals surface area contributed by atoms with E-state index in [-0.39, 0.29) is 24.9 Å². The van der Waals surface area contributed by atoms with Crippen molar-refractivity contribution in [2.45, 2.75) is 10.8 Å². The molecule has 0 saturated carbocycles. The summed E-state index contributed by atoms with van der Waals surface area (Å²) in [7, 11) is -3.24. The monoisotopic (exact) mass is 242 g/mol. The summed E-state index contributed by atoms with van der Waals surface area (Å²) in [5.74, 6) is -0.715. The molecule has 5 heteroatoms. The Bertz CT molecular complexity index is 477. The van der Waals surface area contributed by atoms with Gasteiger partial charge in [-0.15, -0.1) is 0 Å². The van der Waals surface area contributed by atoms with Gasteiger partial charge in [0.25, 0.3) is 0 Å². The van der Waals surface area contributed by atoms with Gasteiger partial charge >= 0.3 is 0 Å². The van der Waals surface area contributed by atoms with E-state index >= 15 is 0 Å². The maximum atomic E-state index is 11.8. The Morgan fingerprint density at radius 1 is 1.25 bits per heavy atom. The van der Waals surface area contributed by atoms with Crippen LogP contribution in [0.1, 0.15) is 11.5 Å². The highest BCUT2D eigenvalue weighted by atomic mass is 32.2. The largest absolute Gasteiger partial charge is 0.396 e. The maximum absolute atomic E-state index is 11.8. The number of hydrogen-bond acceptors (Lipinski definition) is 4. The third kappa shape index (κ3) is 1.75. The Kier molecular flexibility index (Phi) is 3.01. The molecule has 0 aromatic heterocycles. The molecule has 0 bridgehead atoms. The van der Waals surface area contributed by atoms with E-state index in [9.17, 15) is 8.42 Å². The molecule has 0 amide bonds. The van der Waals surface area contributed by atoms with Crippen molar-refractivity contribution in [3.8, 4) is 0 Å². The van der Waals surface area contributed by atoms with Gasteiger partial charge in [0.2, 0.25) is 0 Å². The van der Waals surface area contributed by atoms with Crippen LogP contribution in [0.4, 0.5) is 0 Å². The lowest BCUT2D eigenvalue weighted by Crippen LogP contribution is -2.22. The highest BCUT2D eigenvalue weighted by molar-refractivity contribution is 7.91. The first-order valence-electron chi connectivity index (χ1n) is 5.13. The molecular formula is C11H14O4S. The number of aliphatic hydroxyl groups excluding tert-OH is 2. The van der Waals surface area contributed by atoms with Crippen LogP contribution in [-0.2, 0) is 9.84 Å². The molecule has 1 atom stereocenters. The molecule has 2 N–H and O–H groups in total. The smallest absolute Gasteiger partial charge is 0.179 e. The number of fused-ring (bicyclic) bond motifs is 1. The Morgan fingerprint density at radius 2 is 1.88 bits per heavy atom. The van der Waals surface area contributed by atoms with Crippen molar-refractivity contribution in [3.63, 3.8) is 0 Å². The lowest BCUT2D eigenvalue weighted by Gasteiger charge is -2.18. The third-order valence-corrected chi connectivity index (χ3v) is 4.93. The molecule has 88 valence electrons. The minimum absolute atomic E-state index is 0.0157. The molecular weight excluding hydrogens is 228 g/mol. The molecule has 1 aliphatic heterocycles. The first-order valence-corrected chi connectivity index (χ1v) is 6.78. The van der Waals surface area contributed by atoms with Crippen LogP contribution in [0.5, 0.6) is 0 Å². The van der Waals surface area contributed by atoms with Crippen LogP contribution in [0.3, 0.4) is 0 Å². The molecule has 1 aromatic rings. The van der Waals surface area contributed by atoms with Gasteiger partial charge in [0.05, 0.1) is 10.6 Å². The standard InChI is InChI=1S/C11H14O4S/c12-5-8(6-13)10-7-16(14,15)11-4-2-1-3-9(10)11/h1-4,8,10,12-13H,5-7H2. The fourth-order valence-electron chi connectivity index (χ4n) is 2.19. The Hall–Kier alpha value is -0.910. The van der Waals surface area contributed by atoms with Crippen LogP contribution >= 0.6 is 0 Å². The van der Waals surface area contributed by atoms with Gasteiger partial charge in [-0.1, -0.05) is 18.2 Å². The van der Waals surface area contributed by atoms with Crippen molar-refractivity contribution in [1.29, 1.82) is 0 Å². The van der Waals surface area contributed by atoms with Gasteiger partial charge in [-0.25, -0.2) is 8.42 Å². The van der Waals surface area contributed by atoms with Crippen molar-refractivity contribution >= 4 is 9.84 Å². The lowest BCUT2D eigenvalue weighted by molar-refractivity contribution is 0.135. The molecule has 0 spiro atoms. The van der Waals surface area contributed by atoms with Crippen molar-refractivity contribution in [2.24, 2.45) is 5.92 Å². The van der Waals surface area contributed by atoms with Gasteiger partial charge in [0.1, 0.15) is 0 Å². The summed E-state index contributed by atoms with van der Waals surface area (Å²) in [5, 5.41) is 18.3. The van der Waals surface area contributed by atoms with Crippen LogP contribution in [0, 0.1) is 5.92 Å². The molecule has 0 saturated heterocycles. The Labute approximate surface area is 94.5 Å². The van der Waals surface area contributed by atoms with Crippen molar-refractivity contribution < 1.29 is 18.6 Å². The minimum atomic E-state index is -3.24. The van der Waals surface area contributed by atoms with E-state index in [2.05, 4.69) is 0 Å². The summed E-state index contributed by atoms with van der Waals surface area (Å²) in [6.45, 7) is -0.407. The SMILES string of the molecule is O=S1(=O)CC(C(CO)CO)c2ccccc21. The number of aliphatic hydroxyl groups is 2. The summed E-state index contributed by atoms with van der Waals surface area (Å²) in [5.41, 5.74) is 0.718. The summed E-state index contributed by atoms with van der Waals surface area (Å²) in [6, 6.07) is 6.80. The predicted octanol–water partition coefficient (Wildman–Crippen LogP) is 0.158. The second kappa shape index (κ2) is 4.16. The van der Waals surface area contributed by atoms with Crippen molar-refractivity contribution in [3.05, 3.63) is 29.8 Å². The van der Waals surface area contributed by atoms with Crippen molar-refractivity contribution in [1.82, 2.24) is 0 Å². The highest BCUT2D eigenvalue weighted by Gasteiger charge is 2.38. The summed E-state index contributed by atoms with van der Waals surface area (Å²) in [6.07, 6.45) is 0. The molecule has 0 aliphatic carbocycles. The maximum Gasteiger partial charge on any atom is 0.179 e. The predicted molar refractivity (Wildman–Crippen MR) is 58.9 cm³/mol. The molecule has 2 rings (SSSR count). The van der Waals surface area contributed by atoms with Crippen molar-refractivity contribution in [2.75, 3.05) is 19.0 Å². The van der Waals surface area contributed by atoms with Crippen LogP contribution in [-0.4, -0.2) is 37.6 Å². The summed E-state index contributed by atoms with van der Waals surface area (Å²) >= 11 is 0. The molecule has 1 aliphatic rings. The van der Waals surface area contributed by atoms with E-state index in [1.807, 2.05) is 0 Å². The average Bonchev–Trinajstić information content (AvgIpc) is 2.54. The molecule has 4 nitrogen and oxygen atoms in total. The zero-order valence-electron chi connectivity index (χ0n) is 8.70. The van der Waals surface area contributed by atoms with Gasteiger partial charge in [-0.05, 0) is 11.6 Å². The number of sulfone groups is 1. The quantitative estimate of drug-likeness (QED) is 0.791.